The quantitative estimate of drug-likeness (QED) is 0.203. The van der Waals surface area contributed by atoms with E-state index in [0.717, 1.165) is 77.5 Å². The maximum Gasteiger partial charge on any atom is 0.320 e. The number of pyridine rings is 1. The van der Waals surface area contributed by atoms with Gasteiger partial charge < -0.3 is 10.1 Å². The number of ether oxygens (including phenoxy) is 1. The molecule has 1 aliphatic heterocycles. The first-order chi connectivity index (χ1) is 22.5. The molecule has 1 aliphatic carbocycles. The van der Waals surface area contributed by atoms with E-state index in [1.165, 1.54) is 5.56 Å². The molecule has 244 valence electrons. The topological polar surface area (TPSA) is 102 Å². The molecule has 0 bridgehead atoms. The monoisotopic (exact) mass is 632 g/mol. The summed E-state index contributed by atoms with van der Waals surface area (Å²) in [6.07, 6.45) is 5.63. The van der Waals surface area contributed by atoms with Crippen LogP contribution < -0.4 is 15.4 Å². The SMILES string of the molecule is Cc1ccc(-n2nc(C(C)(C)C)cc2NC(=O)N[C@H]2CC[C@@H](Oc3cc(C)c4nnc(C5CCCN5C)n4c3)c3ccccc32)cc1. The molecule has 10 heteroatoms. The molecular weight excluding hydrogens is 588 g/mol. The number of aromatic nitrogens is 5. The molecule has 4 heterocycles. The number of hydrogen-bond donors (Lipinski definition) is 2. The zero-order valence-electron chi connectivity index (χ0n) is 28.1. The number of aryl methyl sites for hydroxylation is 2. The Kier molecular flexibility index (Phi) is 8.00. The molecule has 2 aliphatic rings. The lowest BCUT2D eigenvalue weighted by molar-refractivity contribution is 0.171. The maximum atomic E-state index is 13.5. The number of rotatable bonds is 6. The molecule has 5 aromatic rings. The number of nitrogens with one attached hydrogen (secondary N) is 2. The van der Waals surface area contributed by atoms with Crippen LogP contribution in [0, 0.1) is 13.8 Å². The van der Waals surface area contributed by atoms with Crippen molar-refractivity contribution in [2.45, 2.75) is 83.9 Å². The van der Waals surface area contributed by atoms with E-state index in [0.29, 0.717) is 5.82 Å². The molecule has 0 saturated carbocycles. The minimum Gasteiger partial charge on any atom is -0.484 e. The summed E-state index contributed by atoms with van der Waals surface area (Å²) in [6.45, 7) is 11.5. The highest BCUT2D eigenvalue weighted by atomic mass is 16.5. The molecule has 1 unspecified atom stereocenters. The number of likely N-dealkylation sites (tertiary alicyclic amines) is 1. The van der Waals surface area contributed by atoms with E-state index in [1.54, 1.807) is 0 Å². The fraction of sp³-hybridized carbons (Fsp3) is 0.405. The van der Waals surface area contributed by atoms with Gasteiger partial charge in [-0.05, 0) is 88.0 Å². The molecule has 2 amide bonds. The van der Waals surface area contributed by atoms with Gasteiger partial charge in [-0.1, -0.05) is 62.7 Å². The van der Waals surface area contributed by atoms with Crippen LogP contribution in [-0.4, -0.2) is 48.9 Å². The average Bonchev–Trinajstić information content (AvgIpc) is 3.77. The fourth-order valence-electron chi connectivity index (χ4n) is 6.89. The molecule has 2 N–H and O–H groups in total. The third-order valence-electron chi connectivity index (χ3n) is 9.53. The van der Waals surface area contributed by atoms with Crippen LogP contribution in [-0.2, 0) is 5.41 Å². The highest BCUT2D eigenvalue weighted by Crippen LogP contribution is 2.39. The number of nitrogens with zero attached hydrogens (tertiary/aromatic N) is 6. The molecule has 10 nitrogen and oxygen atoms in total. The summed E-state index contributed by atoms with van der Waals surface area (Å²) < 4.78 is 10.6. The molecule has 3 atom stereocenters. The van der Waals surface area contributed by atoms with Gasteiger partial charge in [0.2, 0.25) is 0 Å². The second kappa shape index (κ2) is 12.2. The number of fused-ring (bicyclic) bond motifs is 2. The van der Waals surface area contributed by atoms with Gasteiger partial charge in [0.15, 0.2) is 11.5 Å². The molecule has 0 spiro atoms. The van der Waals surface area contributed by atoms with E-state index in [2.05, 4.69) is 90.0 Å². The van der Waals surface area contributed by atoms with Crippen LogP contribution in [0.4, 0.5) is 10.6 Å². The van der Waals surface area contributed by atoms with Crippen molar-refractivity contribution in [2.75, 3.05) is 18.9 Å². The van der Waals surface area contributed by atoms with Gasteiger partial charge in [-0.15, -0.1) is 10.2 Å². The third kappa shape index (κ3) is 6.10. The number of urea groups is 1. The number of anilines is 1. The number of benzene rings is 2. The Morgan fingerprint density at radius 2 is 1.72 bits per heavy atom. The van der Waals surface area contributed by atoms with E-state index >= 15 is 0 Å². The first-order valence-corrected chi connectivity index (χ1v) is 16.6. The maximum absolute atomic E-state index is 13.5. The predicted octanol–water partition coefficient (Wildman–Crippen LogP) is 7.37. The summed E-state index contributed by atoms with van der Waals surface area (Å²) in [5, 5.41) is 20.3. The van der Waals surface area contributed by atoms with Crippen molar-refractivity contribution in [1.82, 2.24) is 34.6 Å². The summed E-state index contributed by atoms with van der Waals surface area (Å²) >= 11 is 0. The van der Waals surface area contributed by atoms with Crippen molar-refractivity contribution in [2.24, 2.45) is 0 Å². The predicted molar refractivity (Wildman–Crippen MR) is 183 cm³/mol. The summed E-state index contributed by atoms with van der Waals surface area (Å²) in [6, 6.07) is 20.2. The van der Waals surface area contributed by atoms with E-state index in [4.69, 9.17) is 9.84 Å². The molecule has 0 radical (unpaired) electrons. The molecular formula is C37H44N8O2. The first-order valence-electron chi connectivity index (χ1n) is 16.6. The van der Waals surface area contributed by atoms with Gasteiger partial charge in [-0.25, -0.2) is 9.48 Å². The van der Waals surface area contributed by atoms with E-state index < -0.39 is 0 Å². The van der Waals surface area contributed by atoms with Gasteiger partial charge in [-0.2, -0.15) is 5.10 Å². The van der Waals surface area contributed by atoms with Crippen molar-refractivity contribution >= 4 is 17.5 Å². The minimum absolute atomic E-state index is 0.143. The molecule has 1 fully saturated rings. The number of carbonyl (C=O) groups is 1. The number of carbonyl (C=O) groups excluding carboxylic acids is 1. The third-order valence-corrected chi connectivity index (χ3v) is 9.53. The molecule has 2 aromatic carbocycles. The molecule has 7 rings (SSSR count). The van der Waals surface area contributed by atoms with Crippen molar-refractivity contribution in [3.63, 3.8) is 0 Å². The van der Waals surface area contributed by atoms with Gasteiger partial charge in [-0.3, -0.25) is 14.6 Å². The van der Waals surface area contributed by atoms with Crippen molar-refractivity contribution in [1.29, 1.82) is 0 Å². The van der Waals surface area contributed by atoms with Crippen LogP contribution in [0.25, 0.3) is 11.3 Å². The zero-order valence-corrected chi connectivity index (χ0v) is 28.1. The van der Waals surface area contributed by atoms with E-state index in [-0.39, 0.29) is 29.6 Å². The molecule has 1 saturated heterocycles. The van der Waals surface area contributed by atoms with Crippen LogP contribution in [0.1, 0.15) is 98.4 Å². The van der Waals surface area contributed by atoms with Gasteiger partial charge in [0.05, 0.1) is 29.7 Å². The van der Waals surface area contributed by atoms with Gasteiger partial charge in [0.25, 0.3) is 0 Å². The Bertz CT molecular complexity index is 1920. The second-order valence-electron chi connectivity index (χ2n) is 14.1. The highest BCUT2D eigenvalue weighted by molar-refractivity contribution is 5.89. The summed E-state index contributed by atoms with van der Waals surface area (Å²) in [4.78, 5) is 15.9. The van der Waals surface area contributed by atoms with E-state index in [1.807, 2.05) is 53.3 Å². The minimum atomic E-state index is -0.268. The first kappa shape index (κ1) is 30.9. The summed E-state index contributed by atoms with van der Waals surface area (Å²) in [5.74, 6) is 2.38. The lowest BCUT2D eigenvalue weighted by atomic mass is 9.85. The molecule has 3 aromatic heterocycles. The largest absolute Gasteiger partial charge is 0.484 e. The van der Waals surface area contributed by atoms with Gasteiger partial charge in [0.1, 0.15) is 17.7 Å². The average molecular weight is 633 g/mol. The van der Waals surface area contributed by atoms with Crippen molar-refractivity contribution in [3.8, 4) is 11.4 Å². The summed E-state index contributed by atoms with van der Waals surface area (Å²) in [5.41, 5.74) is 6.83. The van der Waals surface area contributed by atoms with Crippen LogP contribution >= 0.6 is 0 Å². The second-order valence-corrected chi connectivity index (χ2v) is 14.1. The smallest absolute Gasteiger partial charge is 0.320 e. The van der Waals surface area contributed by atoms with Gasteiger partial charge in [0, 0.05) is 11.5 Å². The Labute approximate surface area is 276 Å². The fourth-order valence-corrected chi connectivity index (χ4v) is 6.89. The number of hydrogen-bond acceptors (Lipinski definition) is 6. The zero-order chi connectivity index (χ0) is 32.9. The molecule has 47 heavy (non-hydrogen) atoms. The standard InChI is InChI=1S/C37H44N8O2/c1-23-13-15-25(16-14-23)45-33(21-32(42-45)37(3,4)5)39-36(46)38-29-17-18-31(28-11-8-7-10-27(28)29)47-26-20-24(2)34-40-41-35(44(34)22-26)30-12-9-19-43(30)6/h7-8,10-11,13-16,20-22,29-31H,9,12,17-19H2,1-6H3,(H2,38,39,46)/t29-,30?,31+/m0/s1. The Morgan fingerprint density at radius 1 is 0.957 bits per heavy atom. The van der Waals surface area contributed by atoms with Crippen LogP contribution in [0.2, 0.25) is 0 Å². The van der Waals surface area contributed by atoms with Crippen molar-refractivity contribution in [3.05, 3.63) is 101 Å². The van der Waals surface area contributed by atoms with E-state index in [9.17, 15) is 4.79 Å². The number of amides is 2. The Balaban J connectivity index is 1.10. The normalized spacial score (nSPS) is 19.9. The summed E-state index contributed by atoms with van der Waals surface area (Å²) in [7, 11) is 2.15. The Morgan fingerprint density at radius 3 is 2.45 bits per heavy atom. The lowest BCUT2D eigenvalue weighted by Crippen LogP contribution is -2.36. The van der Waals surface area contributed by atoms with Crippen LogP contribution in [0.15, 0.2) is 66.9 Å². The van der Waals surface area contributed by atoms with Crippen molar-refractivity contribution < 1.29 is 9.53 Å². The highest BCUT2D eigenvalue weighted by Gasteiger charge is 2.31. The van der Waals surface area contributed by atoms with Gasteiger partial charge >= 0.3 is 6.03 Å². The Hall–Kier alpha value is -4.70. The van der Waals surface area contributed by atoms with Crippen LogP contribution in [0.5, 0.6) is 5.75 Å². The lowest BCUT2D eigenvalue weighted by Gasteiger charge is -2.32. The van der Waals surface area contributed by atoms with Crippen LogP contribution in [0.3, 0.4) is 0 Å².